The molecule has 106 valence electrons. The van der Waals surface area contributed by atoms with Gasteiger partial charge in [0.05, 0.1) is 11.3 Å². The molecule has 20 heavy (non-hydrogen) atoms. The van der Waals surface area contributed by atoms with Crippen LogP contribution in [-0.4, -0.2) is 26.3 Å². The lowest BCUT2D eigenvalue weighted by molar-refractivity contribution is 0.101. The Morgan fingerprint density at radius 2 is 2.05 bits per heavy atom. The first-order valence-corrected chi connectivity index (χ1v) is 6.78. The highest BCUT2D eigenvalue weighted by Crippen LogP contribution is 2.18. The maximum atomic E-state index is 13.4. The number of rotatable bonds is 5. The van der Waals surface area contributed by atoms with E-state index in [0.29, 0.717) is 11.7 Å². The molecule has 5 nitrogen and oxygen atoms in total. The van der Waals surface area contributed by atoms with Gasteiger partial charge < -0.3 is 0 Å². The summed E-state index contributed by atoms with van der Waals surface area (Å²) in [5.41, 5.74) is -0.958. The first-order chi connectivity index (χ1) is 9.54. The van der Waals surface area contributed by atoms with Gasteiger partial charge in [0.25, 0.3) is 0 Å². The van der Waals surface area contributed by atoms with Gasteiger partial charge in [-0.25, -0.2) is 18.7 Å². The number of benzene rings is 1. The smallest absolute Gasteiger partial charge is 0.293 e. The van der Waals surface area contributed by atoms with Crippen LogP contribution in [0.5, 0.6) is 0 Å². The van der Waals surface area contributed by atoms with Gasteiger partial charge in [0.1, 0.15) is 11.6 Å². The molecule has 0 saturated heterocycles. The quantitative estimate of drug-likeness (QED) is 0.676. The number of H-pyrrole nitrogens is 1. The number of hydrogen-bond donors (Lipinski definition) is 1. The monoisotopic (exact) mass is 299 g/mol. The van der Waals surface area contributed by atoms with E-state index >= 15 is 0 Å². The van der Waals surface area contributed by atoms with E-state index in [9.17, 15) is 18.4 Å². The van der Waals surface area contributed by atoms with Crippen LogP contribution in [0.2, 0.25) is 0 Å². The molecule has 0 aliphatic heterocycles. The fourth-order valence-corrected chi connectivity index (χ4v) is 2.54. The van der Waals surface area contributed by atoms with Crippen molar-refractivity contribution in [3.8, 4) is 0 Å². The zero-order chi connectivity index (χ0) is 14.7. The summed E-state index contributed by atoms with van der Waals surface area (Å²) in [7, 11) is 0. The summed E-state index contributed by atoms with van der Waals surface area (Å²) >= 11 is 0.951. The number of halogens is 2. The Morgan fingerprint density at radius 3 is 2.65 bits per heavy atom. The van der Waals surface area contributed by atoms with Crippen LogP contribution in [0.15, 0.2) is 28.2 Å². The Balaban J connectivity index is 2.15. The normalized spacial score (nSPS) is 10.8. The van der Waals surface area contributed by atoms with Crippen molar-refractivity contribution < 1.29 is 13.6 Å². The molecule has 0 spiro atoms. The molecule has 0 amide bonds. The molecule has 0 aliphatic rings. The number of Topliss-reactive ketones (excluding diaryl/α,β-unsaturated/α-hetero) is 1. The Labute approximate surface area is 117 Å². The van der Waals surface area contributed by atoms with Gasteiger partial charge in [0, 0.05) is 6.54 Å². The van der Waals surface area contributed by atoms with E-state index in [1.807, 2.05) is 0 Å². The van der Waals surface area contributed by atoms with Crippen LogP contribution >= 0.6 is 11.8 Å². The number of ketones is 1. The predicted octanol–water partition coefficient (Wildman–Crippen LogP) is 1.84. The number of aromatic amines is 1. The third-order valence-corrected chi connectivity index (χ3v) is 3.59. The lowest BCUT2D eigenvalue weighted by Crippen LogP contribution is -2.16. The summed E-state index contributed by atoms with van der Waals surface area (Å²) in [5.74, 6) is -2.69. The number of aromatic nitrogens is 3. The van der Waals surface area contributed by atoms with Crippen molar-refractivity contribution in [3.63, 3.8) is 0 Å². The van der Waals surface area contributed by atoms with Crippen LogP contribution in [-0.2, 0) is 6.54 Å². The molecule has 0 fully saturated rings. The van der Waals surface area contributed by atoms with Crippen molar-refractivity contribution in [2.45, 2.75) is 18.6 Å². The molecule has 1 heterocycles. The fraction of sp³-hybridized carbons (Fsp3) is 0.250. The van der Waals surface area contributed by atoms with Crippen LogP contribution in [0.25, 0.3) is 0 Å². The van der Waals surface area contributed by atoms with E-state index in [-0.39, 0.29) is 11.4 Å². The van der Waals surface area contributed by atoms with Crippen LogP contribution in [0.3, 0.4) is 0 Å². The van der Waals surface area contributed by atoms with Gasteiger partial charge >= 0.3 is 5.69 Å². The zero-order valence-electron chi connectivity index (χ0n) is 10.5. The first kappa shape index (κ1) is 14.4. The van der Waals surface area contributed by atoms with Gasteiger partial charge in [-0.1, -0.05) is 17.8 Å². The van der Waals surface area contributed by atoms with Crippen LogP contribution < -0.4 is 5.69 Å². The molecule has 1 aromatic heterocycles. The number of nitrogens with zero attached hydrogens (tertiary/aromatic N) is 2. The van der Waals surface area contributed by atoms with E-state index in [1.165, 1.54) is 10.6 Å². The molecule has 8 heteroatoms. The molecule has 0 unspecified atom stereocenters. The highest BCUT2D eigenvalue weighted by atomic mass is 32.2. The lowest BCUT2D eigenvalue weighted by Gasteiger charge is -2.04. The highest BCUT2D eigenvalue weighted by molar-refractivity contribution is 7.99. The summed E-state index contributed by atoms with van der Waals surface area (Å²) in [6.07, 6.45) is 0. The van der Waals surface area contributed by atoms with Crippen molar-refractivity contribution in [1.82, 2.24) is 14.8 Å². The lowest BCUT2D eigenvalue weighted by atomic mass is 10.1. The van der Waals surface area contributed by atoms with Crippen molar-refractivity contribution in [3.05, 3.63) is 45.9 Å². The summed E-state index contributed by atoms with van der Waals surface area (Å²) < 4.78 is 28.2. The molecule has 0 aliphatic carbocycles. The third kappa shape index (κ3) is 2.79. The summed E-state index contributed by atoms with van der Waals surface area (Å²) in [4.78, 5) is 23.2. The molecule has 2 aromatic rings. The summed E-state index contributed by atoms with van der Waals surface area (Å²) in [6.45, 7) is 2.14. The van der Waals surface area contributed by atoms with Crippen LogP contribution in [0.4, 0.5) is 8.78 Å². The van der Waals surface area contributed by atoms with Crippen molar-refractivity contribution >= 4 is 17.5 Å². The van der Waals surface area contributed by atoms with E-state index < -0.39 is 23.0 Å². The first-order valence-electron chi connectivity index (χ1n) is 5.79. The molecular formula is C12H11F2N3O2S. The number of carbonyl (C=O) groups excluding carboxylic acids is 1. The van der Waals surface area contributed by atoms with E-state index in [1.54, 1.807) is 6.92 Å². The predicted molar refractivity (Wildman–Crippen MR) is 69.9 cm³/mol. The minimum absolute atomic E-state index is 0.206. The SMILES string of the molecule is CCn1c(SCC(=O)c2c(F)cccc2F)n[nH]c1=O. The molecule has 0 saturated carbocycles. The summed E-state index contributed by atoms with van der Waals surface area (Å²) in [5, 5.41) is 6.31. The second-order valence-electron chi connectivity index (χ2n) is 3.86. The van der Waals surface area contributed by atoms with Crippen molar-refractivity contribution in [2.75, 3.05) is 5.75 Å². The Hall–Kier alpha value is -1.96. The number of nitrogens with one attached hydrogen (secondary N) is 1. The standard InChI is InChI=1S/C12H11F2N3O2S/c1-2-17-11(19)15-16-12(17)20-6-9(18)10-7(13)4-3-5-8(10)14/h3-5H,2,6H2,1H3,(H,15,19). The maximum Gasteiger partial charge on any atom is 0.343 e. The molecule has 0 atom stereocenters. The molecule has 1 aromatic carbocycles. The maximum absolute atomic E-state index is 13.4. The number of hydrogen-bond acceptors (Lipinski definition) is 4. The van der Waals surface area contributed by atoms with Gasteiger partial charge in [-0.3, -0.25) is 9.36 Å². The van der Waals surface area contributed by atoms with Gasteiger partial charge in [-0.15, -0.1) is 5.10 Å². The second kappa shape index (κ2) is 6.00. The minimum Gasteiger partial charge on any atom is -0.293 e. The van der Waals surface area contributed by atoms with E-state index in [4.69, 9.17) is 0 Å². The second-order valence-corrected chi connectivity index (χ2v) is 4.81. The average Bonchev–Trinajstić information content (AvgIpc) is 2.76. The zero-order valence-corrected chi connectivity index (χ0v) is 11.3. The van der Waals surface area contributed by atoms with Gasteiger partial charge in [0.2, 0.25) is 0 Å². The Bertz CT molecular complexity index is 676. The largest absolute Gasteiger partial charge is 0.343 e. The molecular weight excluding hydrogens is 288 g/mol. The minimum atomic E-state index is -0.898. The molecule has 0 bridgehead atoms. The topological polar surface area (TPSA) is 67.8 Å². The molecule has 2 rings (SSSR count). The average molecular weight is 299 g/mol. The van der Waals surface area contributed by atoms with Gasteiger partial charge in [0.15, 0.2) is 10.9 Å². The van der Waals surface area contributed by atoms with Crippen LogP contribution in [0.1, 0.15) is 17.3 Å². The Morgan fingerprint density at radius 1 is 1.40 bits per heavy atom. The number of thioether (sulfide) groups is 1. The third-order valence-electron chi connectivity index (χ3n) is 2.61. The van der Waals surface area contributed by atoms with E-state index in [2.05, 4.69) is 10.2 Å². The number of carbonyl (C=O) groups is 1. The molecule has 0 radical (unpaired) electrons. The van der Waals surface area contributed by atoms with Crippen LogP contribution in [0, 0.1) is 11.6 Å². The highest BCUT2D eigenvalue weighted by Gasteiger charge is 2.18. The summed E-state index contributed by atoms with van der Waals surface area (Å²) in [6, 6.07) is 3.24. The fourth-order valence-electron chi connectivity index (χ4n) is 1.66. The van der Waals surface area contributed by atoms with Crippen molar-refractivity contribution in [1.29, 1.82) is 0 Å². The van der Waals surface area contributed by atoms with E-state index in [0.717, 1.165) is 23.9 Å². The van der Waals surface area contributed by atoms with Gasteiger partial charge in [-0.05, 0) is 19.1 Å². The Kier molecular flexibility index (Phi) is 4.33. The molecule has 1 N–H and O–H groups in total. The van der Waals surface area contributed by atoms with Gasteiger partial charge in [-0.2, -0.15) is 0 Å². The van der Waals surface area contributed by atoms with Crippen molar-refractivity contribution in [2.24, 2.45) is 0 Å².